The van der Waals surface area contributed by atoms with Crippen LogP contribution in [0.3, 0.4) is 0 Å². The van der Waals surface area contributed by atoms with E-state index in [0.717, 1.165) is 18.5 Å². The summed E-state index contributed by atoms with van der Waals surface area (Å²) in [7, 11) is 0. The van der Waals surface area contributed by atoms with E-state index >= 15 is 0 Å². The number of nitrogens with zero attached hydrogens (tertiary/aromatic N) is 1. The zero-order valence-corrected chi connectivity index (χ0v) is 9.53. The average molecular weight is 223 g/mol. The summed E-state index contributed by atoms with van der Waals surface area (Å²) >= 11 is 0. The molecule has 1 atom stereocenters. The first-order chi connectivity index (χ1) is 7.62. The van der Waals surface area contributed by atoms with Gasteiger partial charge >= 0.3 is 5.97 Å². The number of piperidine rings is 1. The second-order valence-corrected chi connectivity index (χ2v) is 4.56. The summed E-state index contributed by atoms with van der Waals surface area (Å²) in [5.41, 5.74) is -0.0265. The van der Waals surface area contributed by atoms with Gasteiger partial charge < -0.3 is 10.0 Å². The normalized spacial score (nSPS) is 28.9. The lowest BCUT2D eigenvalue weighted by Gasteiger charge is -2.39. The molecule has 1 heterocycles. The van der Waals surface area contributed by atoms with Crippen LogP contribution in [-0.2, 0) is 9.59 Å². The molecule has 0 aromatic heterocycles. The topological polar surface area (TPSA) is 57.6 Å². The van der Waals surface area contributed by atoms with E-state index in [1.165, 1.54) is 0 Å². The number of carboxylic acid groups (broad SMARTS) is 1. The molecule has 0 aromatic carbocycles. The predicted molar refractivity (Wildman–Crippen MR) is 58.6 cm³/mol. The minimum absolute atomic E-state index is 0.0758. The number of amides is 1. The third kappa shape index (κ3) is 1.44. The lowest BCUT2D eigenvalue weighted by atomic mass is 9.77. The van der Waals surface area contributed by atoms with Crippen LogP contribution in [0.4, 0.5) is 0 Å². The van der Waals surface area contributed by atoms with E-state index in [1.807, 2.05) is 13.0 Å². The molecule has 0 radical (unpaired) electrons. The van der Waals surface area contributed by atoms with Gasteiger partial charge in [0.05, 0.1) is 0 Å². The molecule has 1 aliphatic heterocycles. The molecule has 1 saturated heterocycles. The maximum Gasteiger partial charge on any atom is 0.315 e. The number of fused-ring (bicyclic) bond motifs is 1. The van der Waals surface area contributed by atoms with Gasteiger partial charge in [-0.1, -0.05) is 13.0 Å². The molecular weight excluding hydrogens is 206 g/mol. The lowest BCUT2D eigenvalue weighted by molar-refractivity contribution is -0.151. The molecule has 16 heavy (non-hydrogen) atoms. The molecule has 4 nitrogen and oxygen atoms in total. The minimum Gasteiger partial charge on any atom is -0.481 e. The maximum absolute atomic E-state index is 11.8. The van der Waals surface area contributed by atoms with Gasteiger partial charge in [0.15, 0.2) is 0 Å². The number of likely N-dealkylation sites (tertiary alicyclic amines) is 1. The van der Waals surface area contributed by atoms with Gasteiger partial charge in [-0.05, 0) is 25.7 Å². The van der Waals surface area contributed by atoms with Crippen LogP contribution < -0.4 is 0 Å². The van der Waals surface area contributed by atoms with E-state index in [0.29, 0.717) is 25.8 Å². The molecule has 0 spiro atoms. The van der Waals surface area contributed by atoms with Gasteiger partial charge in [0.2, 0.25) is 5.91 Å². The molecule has 0 bridgehead atoms. The fraction of sp³-hybridized carbons (Fsp3) is 0.667. The van der Waals surface area contributed by atoms with Crippen LogP contribution in [-0.4, -0.2) is 28.4 Å². The Morgan fingerprint density at radius 2 is 2.31 bits per heavy atom. The monoisotopic (exact) mass is 223 g/mol. The summed E-state index contributed by atoms with van der Waals surface area (Å²) in [5, 5.41) is 9.39. The first-order valence-electron chi connectivity index (χ1n) is 5.86. The molecule has 0 saturated carbocycles. The van der Waals surface area contributed by atoms with E-state index in [2.05, 4.69) is 0 Å². The number of rotatable bonds is 3. The van der Waals surface area contributed by atoms with E-state index in [4.69, 9.17) is 0 Å². The Morgan fingerprint density at radius 3 is 2.94 bits per heavy atom. The number of carbonyl (C=O) groups is 2. The molecule has 0 aromatic rings. The second kappa shape index (κ2) is 3.92. The van der Waals surface area contributed by atoms with Crippen molar-refractivity contribution in [3.05, 3.63) is 11.8 Å². The molecule has 2 rings (SSSR count). The summed E-state index contributed by atoms with van der Waals surface area (Å²) in [6.07, 6.45) is 5.04. The highest BCUT2D eigenvalue weighted by molar-refractivity contribution is 5.87. The minimum atomic E-state index is -0.775. The third-order valence-electron chi connectivity index (χ3n) is 3.61. The number of carboxylic acids is 1. The molecular formula is C12H17NO3. The molecule has 2 aliphatic rings. The van der Waals surface area contributed by atoms with Gasteiger partial charge in [0, 0.05) is 18.7 Å². The van der Waals surface area contributed by atoms with Crippen molar-refractivity contribution in [2.24, 2.45) is 5.41 Å². The highest BCUT2D eigenvalue weighted by Gasteiger charge is 2.50. The lowest BCUT2D eigenvalue weighted by Crippen LogP contribution is -2.46. The maximum atomic E-state index is 11.8. The molecule has 88 valence electrons. The van der Waals surface area contributed by atoms with Crippen molar-refractivity contribution in [3.8, 4) is 0 Å². The van der Waals surface area contributed by atoms with E-state index in [-0.39, 0.29) is 5.91 Å². The number of allylic oxidation sites excluding steroid dienone is 1. The van der Waals surface area contributed by atoms with Crippen LogP contribution in [0, 0.1) is 5.41 Å². The fourth-order valence-electron chi connectivity index (χ4n) is 2.78. The van der Waals surface area contributed by atoms with Gasteiger partial charge in [-0.15, -0.1) is 0 Å². The number of hydrogen-bond acceptors (Lipinski definition) is 2. The van der Waals surface area contributed by atoms with Gasteiger partial charge in [0.1, 0.15) is 5.41 Å². The summed E-state index contributed by atoms with van der Waals surface area (Å²) in [6.45, 7) is 2.64. The predicted octanol–water partition coefficient (Wildman–Crippen LogP) is 1.77. The van der Waals surface area contributed by atoms with Crippen molar-refractivity contribution >= 4 is 11.9 Å². The third-order valence-corrected chi connectivity index (χ3v) is 3.61. The van der Waals surface area contributed by atoms with E-state index in [1.54, 1.807) is 4.90 Å². The Labute approximate surface area is 94.9 Å². The van der Waals surface area contributed by atoms with Crippen LogP contribution in [0.1, 0.15) is 39.0 Å². The van der Waals surface area contributed by atoms with Crippen molar-refractivity contribution in [1.29, 1.82) is 0 Å². The zero-order chi connectivity index (χ0) is 11.8. The number of hydrogen-bond donors (Lipinski definition) is 1. The quantitative estimate of drug-likeness (QED) is 0.793. The van der Waals surface area contributed by atoms with E-state index < -0.39 is 11.4 Å². The summed E-state index contributed by atoms with van der Waals surface area (Å²) in [4.78, 5) is 24.9. The van der Waals surface area contributed by atoms with Crippen molar-refractivity contribution in [1.82, 2.24) is 4.90 Å². The van der Waals surface area contributed by atoms with Gasteiger partial charge in [-0.25, -0.2) is 0 Å². The van der Waals surface area contributed by atoms with Crippen LogP contribution in [0.25, 0.3) is 0 Å². The van der Waals surface area contributed by atoms with Gasteiger partial charge in [0.25, 0.3) is 0 Å². The average Bonchev–Trinajstić information content (AvgIpc) is 2.67. The second-order valence-electron chi connectivity index (χ2n) is 4.56. The molecule has 0 unspecified atom stereocenters. The van der Waals surface area contributed by atoms with Gasteiger partial charge in [-0.3, -0.25) is 9.59 Å². The number of carbonyl (C=O) groups excluding carboxylic acids is 1. The summed E-state index contributed by atoms with van der Waals surface area (Å²) < 4.78 is 0. The van der Waals surface area contributed by atoms with Crippen LogP contribution in [0.2, 0.25) is 0 Å². The highest BCUT2D eigenvalue weighted by Crippen LogP contribution is 2.48. The largest absolute Gasteiger partial charge is 0.481 e. The highest BCUT2D eigenvalue weighted by atomic mass is 16.4. The Hall–Kier alpha value is -1.32. The molecule has 1 amide bonds. The zero-order valence-electron chi connectivity index (χ0n) is 9.53. The standard InChI is InChI=1S/C12H17NO3/c1-2-8-13-9-4-3-6-12(9,11(15)16)7-5-10(13)14/h4H,2-3,5-8H2,1H3,(H,15,16)/t12-/m1/s1. The first kappa shape index (κ1) is 11.2. The van der Waals surface area contributed by atoms with Crippen LogP contribution in [0.15, 0.2) is 11.8 Å². The molecule has 1 fully saturated rings. The molecule has 1 aliphatic carbocycles. The Kier molecular flexibility index (Phi) is 2.74. The Bertz CT molecular complexity index is 361. The molecule has 1 N–H and O–H groups in total. The first-order valence-corrected chi connectivity index (χ1v) is 5.86. The Morgan fingerprint density at radius 1 is 1.56 bits per heavy atom. The van der Waals surface area contributed by atoms with Gasteiger partial charge in [-0.2, -0.15) is 0 Å². The summed E-state index contributed by atoms with van der Waals surface area (Å²) in [6, 6.07) is 0. The van der Waals surface area contributed by atoms with Crippen molar-refractivity contribution in [2.45, 2.75) is 39.0 Å². The van der Waals surface area contributed by atoms with E-state index in [9.17, 15) is 14.7 Å². The molecule has 4 heteroatoms. The van der Waals surface area contributed by atoms with Crippen LogP contribution >= 0.6 is 0 Å². The smallest absolute Gasteiger partial charge is 0.315 e. The van der Waals surface area contributed by atoms with Crippen LogP contribution in [0.5, 0.6) is 0 Å². The van der Waals surface area contributed by atoms with Crippen molar-refractivity contribution in [2.75, 3.05) is 6.54 Å². The SMILES string of the molecule is CCCN1C(=O)CC[C@]2(C(=O)O)CCC=C12. The number of aliphatic carboxylic acids is 1. The van der Waals surface area contributed by atoms with Crippen molar-refractivity contribution in [3.63, 3.8) is 0 Å². The Balaban J connectivity index is 2.34. The van der Waals surface area contributed by atoms with Crippen molar-refractivity contribution < 1.29 is 14.7 Å². The summed E-state index contributed by atoms with van der Waals surface area (Å²) in [5.74, 6) is -0.697. The fourth-order valence-corrected chi connectivity index (χ4v) is 2.78.